The van der Waals surface area contributed by atoms with Crippen LogP contribution in [0.15, 0.2) is 30.5 Å². The van der Waals surface area contributed by atoms with E-state index in [4.69, 9.17) is 5.10 Å². The molecule has 3 aromatic rings. The molecule has 1 fully saturated rings. The molecule has 1 aromatic carbocycles. The topological polar surface area (TPSA) is 96.7 Å². The zero-order valence-corrected chi connectivity index (χ0v) is 19.0. The van der Waals surface area contributed by atoms with Crippen LogP contribution in [-0.2, 0) is 10.0 Å². The van der Waals surface area contributed by atoms with Crippen molar-refractivity contribution >= 4 is 27.3 Å². The Kier molecular flexibility index (Phi) is 5.47. The number of carbonyl (C=O) groups is 1. The smallest absolute Gasteiger partial charge is 0.256 e. The van der Waals surface area contributed by atoms with E-state index in [0.717, 1.165) is 53.7 Å². The lowest BCUT2D eigenvalue weighted by molar-refractivity contribution is 0.0606. The maximum absolute atomic E-state index is 13.6. The Morgan fingerprint density at radius 2 is 1.94 bits per heavy atom. The van der Waals surface area contributed by atoms with E-state index in [-0.39, 0.29) is 11.9 Å². The van der Waals surface area contributed by atoms with Crippen LogP contribution in [0.5, 0.6) is 0 Å². The number of amides is 1. The van der Waals surface area contributed by atoms with Crippen molar-refractivity contribution in [2.45, 2.75) is 46.1 Å². The highest BCUT2D eigenvalue weighted by molar-refractivity contribution is 7.92. The maximum Gasteiger partial charge on any atom is 0.256 e. The van der Waals surface area contributed by atoms with Crippen LogP contribution in [0, 0.1) is 20.8 Å². The van der Waals surface area contributed by atoms with Crippen molar-refractivity contribution in [3.63, 3.8) is 0 Å². The molecule has 1 aliphatic heterocycles. The zero-order chi connectivity index (χ0) is 22.3. The minimum atomic E-state index is -3.51. The van der Waals surface area contributed by atoms with Crippen molar-refractivity contribution in [1.82, 2.24) is 19.5 Å². The van der Waals surface area contributed by atoms with Crippen LogP contribution in [0.25, 0.3) is 5.65 Å². The van der Waals surface area contributed by atoms with Gasteiger partial charge in [0.2, 0.25) is 10.0 Å². The van der Waals surface area contributed by atoms with Crippen LogP contribution < -0.4 is 4.72 Å². The fourth-order valence-electron chi connectivity index (χ4n) is 4.04. The molecular weight excluding hydrogens is 414 g/mol. The summed E-state index contributed by atoms with van der Waals surface area (Å²) in [6.45, 7) is 6.43. The SMILES string of the molecule is Cc1ccc(NS(C)(=O)=O)c(C(=O)N2CCCC[C@H]2c2cc3nc(C)c(C)cn3n2)c1. The number of aryl methyl sites for hydroxylation is 3. The fraction of sp³-hybridized carbons (Fsp3) is 0.409. The summed E-state index contributed by atoms with van der Waals surface area (Å²) in [5, 5.41) is 4.71. The highest BCUT2D eigenvalue weighted by Crippen LogP contribution is 2.33. The van der Waals surface area contributed by atoms with Gasteiger partial charge in [0.25, 0.3) is 5.91 Å². The molecule has 0 unspecified atom stereocenters. The highest BCUT2D eigenvalue weighted by atomic mass is 32.2. The Morgan fingerprint density at radius 3 is 2.68 bits per heavy atom. The van der Waals surface area contributed by atoms with Gasteiger partial charge in [-0.2, -0.15) is 5.10 Å². The quantitative estimate of drug-likeness (QED) is 0.669. The number of rotatable bonds is 4. The van der Waals surface area contributed by atoms with E-state index >= 15 is 0 Å². The summed E-state index contributed by atoms with van der Waals surface area (Å²) in [6, 6.07) is 6.92. The molecule has 1 aliphatic rings. The van der Waals surface area contributed by atoms with Gasteiger partial charge in [0, 0.05) is 24.5 Å². The van der Waals surface area contributed by atoms with Gasteiger partial charge in [-0.1, -0.05) is 11.6 Å². The van der Waals surface area contributed by atoms with Crippen molar-refractivity contribution in [1.29, 1.82) is 0 Å². The molecule has 0 aliphatic carbocycles. The van der Waals surface area contributed by atoms with Crippen LogP contribution in [0.3, 0.4) is 0 Å². The van der Waals surface area contributed by atoms with Crippen LogP contribution >= 0.6 is 0 Å². The Morgan fingerprint density at radius 1 is 1.16 bits per heavy atom. The Labute approximate surface area is 182 Å². The number of piperidine rings is 1. The largest absolute Gasteiger partial charge is 0.330 e. The van der Waals surface area contributed by atoms with E-state index in [9.17, 15) is 13.2 Å². The van der Waals surface area contributed by atoms with Gasteiger partial charge < -0.3 is 4.90 Å². The van der Waals surface area contributed by atoms with Crippen molar-refractivity contribution in [3.05, 3.63) is 58.5 Å². The van der Waals surface area contributed by atoms with Crippen molar-refractivity contribution < 1.29 is 13.2 Å². The van der Waals surface area contributed by atoms with Gasteiger partial charge in [0.05, 0.1) is 29.2 Å². The van der Waals surface area contributed by atoms with E-state index in [1.807, 2.05) is 37.9 Å². The summed E-state index contributed by atoms with van der Waals surface area (Å²) in [7, 11) is -3.51. The van der Waals surface area contributed by atoms with Crippen LogP contribution in [0.2, 0.25) is 0 Å². The van der Waals surface area contributed by atoms with Gasteiger partial charge in [-0.3, -0.25) is 9.52 Å². The average Bonchev–Trinajstić information content (AvgIpc) is 3.10. The first kappa shape index (κ1) is 21.3. The molecule has 0 spiro atoms. The Bertz CT molecular complexity index is 1230. The van der Waals surface area contributed by atoms with E-state index in [2.05, 4.69) is 9.71 Å². The number of benzene rings is 1. The monoisotopic (exact) mass is 441 g/mol. The molecule has 0 radical (unpaired) electrons. The predicted molar refractivity (Wildman–Crippen MR) is 120 cm³/mol. The first-order valence-electron chi connectivity index (χ1n) is 10.4. The van der Waals surface area contributed by atoms with Crippen LogP contribution in [0.4, 0.5) is 5.69 Å². The summed E-state index contributed by atoms with van der Waals surface area (Å²) in [5.41, 5.74) is 5.10. The summed E-state index contributed by atoms with van der Waals surface area (Å²) < 4.78 is 27.9. The molecule has 31 heavy (non-hydrogen) atoms. The zero-order valence-electron chi connectivity index (χ0n) is 18.2. The van der Waals surface area contributed by atoms with Gasteiger partial charge in [-0.25, -0.2) is 17.9 Å². The lowest BCUT2D eigenvalue weighted by atomic mass is 9.97. The second-order valence-electron chi connectivity index (χ2n) is 8.31. The molecule has 1 saturated heterocycles. The summed E-state index contributed by atoms with van der Waals surface area (Å²) in [5.74, 6) is -0.197. The number of nitrogens with zero attached hydrogens (tertiary/aromatic N) is 4. The highest BCUT2D eigenvalue weighted by Gasteiger charge is 2.32. The molecule has 4 rings (SSSR count). The van der Waals surface area contributed by atoms with E-state index < -0.39 is 10.0 Å². The number of carbonyl (C=O) groups excluding carboxylic acids is 1. The number of likely N-dealkylation sites (tertiary alicyclic amines) is 1. The third kappa shape index (κ3) is 4.41. The van der Waals surface area contributed by atoms with Crippen molar-refractivity contribution in [2.75, 3.05) is 17.5 Å². The molecule has 0 saturated carbocycles. The first-order valence-corrected chi connectivity index (χ1v) is 12.2. The Balaban J connectivity index is 1.73. The molecule has 1 amide bonds. The van der Waals surface area contributed by atoms with Crippen LogP contribution in [0.1, 0.15) is 58.2 Å². The number of hydrogen-bond acceptors (Lipinski definition) is 5. The van der Waals surface area contributed by atoms with Crippen molar-refractivity contribution in [3.8, 4) is 0 Å². The minimum absolute atomic E-state index is 0.185. The Hall–Kier alpha value is -2.94. The van der Waals surface area contributed by atoms with Crippen LogP contribution in [-0.4, -0.2) is 46.6 Å². The number of anilines is 1. The molecule has 1 atom stereocenters. The van der Waals surface area contributed by atoms with Gasteiger partial charge in [0.15, 0.2) is 5.65 Å². The second kappa shape index (κ2) is 7.96. The summed E-state index contributed by atoms with van der Waals surface area (Å²) in [4.78, 5) is 20.0. The molecule has 164 valence electrons. The maximum atomic E-state index is 13.6. The number of nitrogens with one attached hydrogen (secondary N) is 1. The summed E-state index contributed by atoms with van der Waals surface area (Å²) in [6.07, 6.45) is 5.72. The van der Waals surface area contributed by atoms with E-state index in [1.165, 1.54) is 0 Å². The van der Waals surface area contributed by atoms with Gasteiger partial charge in [-0.05, 0) is 57.7 Å². The second-order valence-corrected chi connectivity index (χ2v) is 10.1. The number of fused-ring (bicyclic) bond motifs is 1. The van der Waals surface area contributed by atoms with Gasteiger partial charge >= 0.3 is 0 Å². The third-order valence-electron chi connectivity index (χ3n) is 5.71. The normalized spacial score (nSPS) is 17.2. The number of hydrogen-bond donors (Lipinski definition) is 1. The standard InChI is InChI=1S/C22H27N5O3S/c1-14-8-9-18(25-31(4,29)30)17(11-14)22(28)26-10-6-5-7-20(26)19-12-21-23-16(3)15(2)13-27(21)24-19/h8-9,11-13,20,25H,5-7,10H2,1-4H3/t20-/m0/s1. The summed E-state index contributed by atoms with van der Waals surface area (Å²) >= 11 is 0. The minimum Gasteiger partial charge on any atom is -0.330 e. The van der Waals surface area contributed by atoms with E-state index in [1.54, 1.807) is 22.7 Å². The predicted octanol–water partition coefficient (Wildman–Crippen LogP) is 3.39. The number of sulfonamides is 1. The molecule has 0 bridgehead atoms. The average molecular weight is 442 g/mol. The molecule has 9 heteroatoms. The van der Waals surface area contributed by atoms with Gasteiger partial charge in [0.1, 0.15) is 0 Å². The fourth-order valence-corrected chi connectivity index (χ4v) is 4.62. The molecule has 8 nitrogen and oxygen atoms in total. The molecular formula is C22H27N5O3S. The van der Waals surface area contributed by atoms with Gasteiger partial charge in [-0.15, -0.1) is 0 Å². The van der Waals surface area contributed by atoms with Crippen molar-refractivity contribution in [2.24, 2.45) is 0 Å². The van der Waals surface area contributed by atoms with E-state index in [0.29, 0.717) is 17.8 Å². The molecule has 2 aromatic heterocycles. The lowest BCUT2D eigenvalue weighted by Crippen LogP contribution is -2.39. The third-order valence-corrected chi connectivity index (χ3v) is 6.30. The lowest BCUT2D eigenvalue weighted by Gasteiger charge is -2.35. The molecule has 3 heterocycles. The molecule has 1 N–H and O–H groups in total. The first-order chi connectivity index (χ1) is 14.6. The number of aromatic nitrogens is 3.